The van der Waals surface area contributed by atoms with E-state index in [0.29, 0.717) is 79.5 Å². The minimum Gasteiger partial charge on any atom is -0.495 e. The van der Waals surface area contributed by atoms with Crippen molar-refractivity contribution in [2.45, 2.75) is 24.5 Å². The first kappa shape index (κ1) is 40.9. The van der Waals surface area contributed by atoms with Crippen molar-refractivity contribution in [2.24, 2.45) is 10.7 Å². The molecule has 0 radical (unpaired) electrons. The fourth-order valence-corrected chi connectivity index (χ4v) is 7.10. The van der Waals surface area contributed by atoms with E-state index in [4.69, 9.17) is 26.8 Å². The number of aliphatic imine (C=N–C) groups is 1. The van der Waals surface area contributed by atoms with Gasteiger partial charge in [-0.05, 0) is 35.7 Å². The van der Waals surface area contributed by atoms with Gasteiger partial charge in [0.1, 0.15) is 41.1 Å². The molecule has 6 rings (SSSR count). The Bertz CT molecular complexity index is 2110. The van der Waals surface area contributed by atoms with Crippen LogP contribution in [0.25, 0.3) is 5.70 Å². The van der Waals surface area contributed by atoms with Crippen LogP contribution in [0.1, 0.15) is 11.9 Å². The molecule has 2 aromatic carbocycles. The maximum absolute atomic E-state index is 12.8. The number of amides is 2. The Morgan fingerprint density at radius 1 is 1.14 bits per heavy atom. The molecule has 0 spiro atoms. The van der Waals surface area contributed by atoms with Gasteiger partial charge in [0.25, 0.3) is 10.9 Å². The molecule has 8 N–H and O–H groups in total. The number of piperazine rings is 1. The van der Waals surface area contributed by atoms with Crippen molar-refractivity contribution < 1.29 is 29.3 Å². The van der Waals surface area contributed by atoms with Crippen molar-refractivity contribution in [2.75, 3.05) is 89.0 Å². The number of methoxy groups -OCH3 is 1. The number of hydrogen-bond acceptors (Lipinski definition) is 16. The second kappa shape index (κ2) is 17.6. The Kier molecular flexibility index (Phi) is 12.9. The molecule has 1 aromatic heterocycles. The molecule has 19 nitrogen and oxygen atoms in total. The van der Waals surface area contributed by atoms with Crippen LogP contribution in [-0.4, -0.2) is 144 Å². The molecule has 300 valence electrons. The minimum atomic E-state index is -1.35. The number of aliphatic hydroxyl groups excluding tert-OH is 2. The molecule has 4 atom stereocenters. The Balaban J connectivity index is 0.904. The Hall–Kier alpha value is -4.74. The second-order valence-corrected chi connectivity index (χ2v) is 14.9. The molecule has 0 aliphatic carbocycles. The number of nitrogens with two attached hydrogens (primary N) is 1. The largest absolute Gasteiger partial charge is 0.495 e. The summed E-state index contributed by atoms with van der Waals surface area (Å²) in [6.45, 7) is 6.76. The summed E-state index contributed by atoms with van der Waals surface area (Å²) in [5, 5.41) is 33.8. The molecule has 3 aromatic rings. The number of aromatic nitrogens is 2. The number of likely N-dealkylation sites (N-methyl/N-ethyl adjacent to an activating group) is 1. The van der Waals surface area contributed by atoms with E-state index in [-0.39, 0.29) is 42.2 Å². The van der Waals surface area contributed by atoms with Crippen molar-refractivity contribution >= 4 is 80.5 Å². The Labute approximate surface area is 340 Å². The number of anilines is 3. The van der Waals surface area contributed by atoms with E-state index in [2.05, 4.69) is 60.4 Å². The van der Waals surface area contributed by atoms with E-state index < -0.39 is 35.4 Å². The Morgan fingerprint density at radius 3 is 2.55 bits per heavy atom. The van der Waals surface area contributed by atoms with Gasteiger partial charge in [-0.3, -0.25) is 23.7 Å². The molecule has 3 aliphatic heterocycles. The van der Waals surface area contributed by atoms with Gasteiger partial charge in [-0.25, -0.2) is 4.98 Å². The normalized spacial score (nSPS) is 21.0. The van der Waals surface area contributed by atoms with Crippen molar-refractivity contribution in [3.05, 3.63) is 71.9 Å². The molecule has 21 heteroatoms. The fraction of sp³-hybridized carbons (Fsp3) is 0.429. The summed E-state index contributed by atoms with van der Waals surface area (Å²) in [7, 11) is 3.38. The zero-order valence-corrected chi connectivity index (χ0v) is 33.5. The van der Waals surface area contributed by atoms with Gasteiger partial charge in [-0.1, -0.05) is 24.3 Å². The quantitative estimate of drug-likeness (QED) is 0.0588. The minimum absolute atomic E-state index is 0.0614. The van der Waals surface area contributed by atoms with Crippen LogP contribution in [0.4, 0.5) is 22.9 Å². The number of nitrogens with one attached hydrogen (secondary N) is 4. The number of rotatable bonds is 15. The van der Waals surface area contributed by atoms with Crippen molar-refractivity contribution in [1.82, 2.24) is 29.6 Å². The second-order valence-electron chi connectivity index (χ2n) is 13.4. The average molecular weight is 908 g/mol. The van der Waals surface area contributed by atoms with Crippen LogP contribution < -0.4 is 42.6 Å². The van der Waals surface area contributed by atoms with Gasteiger partial charge in [-0.15, -0.1) is 0 Å². The van der Waals surface area contributed by atoms with Crippen molar-refractivity contribution in [3.8, 4) is 5.75 Å². The number of aliphatic hydroxyl groups is 2. The number of carbonyl (C=O) groups is 2. The van der Waals surface area contributed by atoms with Crippen LogP contribution in [-0.2, 0) is 14.3 Å². The molecule has 0 bridgehead atoms. The van der Waals surface area contributed by atoms with Crippen LogP contribution in [0, 0.1) is 3.57 Å². The highest BCUT2D eigenvalue weighted by atomic mass is 127. The third-order valence-corrected chi connectivity index (χ3v) is 11.2. The third-order valence-electron chi connectivity index (χ3n) is 9.65. The number of carbonyl (C=O) groups excluding carboxylic acids is 2. The van der Waals surface area contributed by atoms with Crippen LogP contribution in [0.5, 0.6) is 5.75 Å². The van der Waals surface area contributed by atoms with E-state index in [1.807, 2.05) is 18.0 Å². The molecule has 0 unspecified atom stereocenters. The number of hydrogen-bond donors (Lipinski definition) is 7. The van der Waals surface area contributed by atoms with Crippen LogP contribution in [0.15, 0.2) is 51.8 Å². The number of halogens is 2. The highest BCUT2D eigenvalue weighted by Gasteiger charge is 2.45. The van der Waals surface area contributed by atoms with Gasteiger partial charge in [0.2, 0.25) is 11.8 Å². The first-order valence-corrected chi connectivity index (χ1v) is 19.1. The maximum atomic E-state index is 12.8. The van der Waals surface area contributed by atoms with Crippen LogP contribution in [0.2, 0.25) is 5.02 Å². The molecule has 4 heterocycles. The topological polar surface area (TPSA) is 241 Å². The lowest BCUT2D eigenvalue weighted by molar-refractivity contribution is -0.135. The highest BCUT2D eigenvalue weighted by Crippen LogP contribution is 2.36. The number of nitrogens with zero attached hydrogens (tertiary/aromatic N) is 6. The van der Waals surface area contributed by atoms with Gasteiger partial charge in [-0.2, -0.15) is 4.99 Å². The molecule has 2 fully saturated rings. The summed E-state index contributed by atoms with van der Waals surface area (Å²) >= 11 is 8.28. The van der Waals surface area contributed by atoms with E-state index in [1.54, 1.807) is 21.9 Å². The third kappa shape index (κ3) is 8.79. The maximum Gasteiger partial charge on any atom is 0.253 e. The summed E-state index contributed by atoms with van der Waals surface area (Å²) in [4.78, 5) is 64.3. The number of imidazole rings is 1. The van der Waals surface area contributed by atoms with Gasteiger partial charge >= 0.3 is 0 Å². The van der Waals surface area contributed by atoms with Crippen LogP contribution in [0.3, 0.4) is 0 Å². The van der Waals surface area contributed by atoms with Gasteiger partial charge in [0.05, 0.1) is 36.4 Å². The lowest BCUT2D eigenvalue weighted by atomic mass is 10.1. The Morgan fingerprint density at radius 2 is 1.84 bits per heavy atom. The molecule has 2 saturated heterocycles. The lowest BCUT2D eigenvalue weighted by Crippen LogP contribution is -2.51. The number of fused-ring (bicyclic) bond motifs is 1. The first-order chi connectivity index (χ1) is 26.8. The predicted molar refractivity (Wildman–Crippen MR) is 219 cm³/mol. The summed E-state index contributed by atoms with van der Waals surface area (Å²) in [5.41, 5.74) is 6.12. The zero-order valence-electron chi connectivity index (χ0n) is 30.6. The molecule has 0 saturated carbocycles. The summed E-state index contributed by atoms with van der Waals surface area (Å²) < 4.78 is 13.6. The summed E-state index contributed by atoms with van der Waals surface area (Å²) in [6, 6.07) is 3.51. The molecule has 56 heavy (non-hydrogen) atoms. The SMILES string of the molecule is C=C1NC(N)=Nc2c1ncn2[C@@H]1O[C@H](CNc2c(NCCN(C)C/C=C/C(=O)N3CCN(C(=O)CNc4cc(I)c(Cl)cc4OC)CC3)c(=O)c2=O)[C@@H](O)[C@H]1O. The number of benzene rings is 1. The molecular weight excluding hydrogens is 865 g/mol. The summed E-state index contributed by atoms with van der Waals surface area (Å²) in [5.74, 6) is 0.693. The molecular formula is C35H43ClIN11O8. The standard InChI is InChI=1S/C35H43ClIN11O8/c1-18-26-33(44-35(38)43-18)48(17-42-26)34-32(54)29(51)23(56-34)15-41-28-27(30(52)31(28)53)39-6-8-45(2)7-4-5-24(49)46-9-11-47(12-10-46)25(50)16-40-21-14-20(37)19(36)13-22(21)55-3/h4-5,13-14,17,23,29,32,34,39-41,51,54H,1,6-12,15-16H2,2-3H3,(H3,38,43,44)/b5-4+/t23-,29-,32-,34-/m1/s1. The average Bonchev–Trinajstić information content (AvgIpc) is 3.73. The highest BCUT2D eigenvalue weighted by molar-refractivity contribution is 14.1. The fourth-order valence-electron chi connectivity index (χ4n) is 6.48. The van der Waals surface area contributed by atoms with E-state index in [9.17, 15) is 29.4 Å². The zero-order chi connectivity index (χ0) is 40.3. The van der Waals surface area contributed by atoms with Crippen molar-refractivity contribution in [3.63, 3.8) is 0 Å². The molecule has 3 aliphatic rings. The van der Waals surface area contributed by atoms with Gasteiger partial charge < -0.3 is 61.4 Å². The first-order valence-electron chi connectivity index (χ1n) is 17.7. The number of ether oxygens (including phenoxy) is 2. The van der Waals surface area contributed by atoms with Crippen LogP contribution >= 0.6 is 34.2 Å². The predicted octanol–water partition coefficient (Wildman–Crippen LogP) is -0.320. The van der Waals surface area contributed by atoms with Gasteiger partial charge in [0, 0.05) is 68.1 Å². The van der Waals surface area contributed by atoms with E-state index in [0.717, 1.165) is 3.57 Å². The smallest absolute Gasteiger partial charge is 0.253 e. The molecule has 2 amide bonds. The van der Waals surface area contributed by atoms with E-state index in [1.165, 1.54) is 24.1 Å². The number of guanidine groups is 1. The lowest BCUT2D eigenvalue weighted by Gasteiger charge is -2.34. The monoisotopic (exact) mass is 907 g/mol. The van der Waals surface area contributed by atoms with E-state index >= 15 is 0 Å². The van der Waals surface area contributed by atoms with Gasteiger partial charge in [0.15, 0.2) is 18.0 Å². The summed E-state index contributed by atoms with van der Waals surface area (Å²) in [6.07, 6.45) is -0.0180. The van der Waals surface area contributed by atoms with Crippen molar-refractivity contribution in [1.29, 1.82) is 0 Å².